The zero-order valence-corrected chi connectivity index (χ0v) is 19.7. The number of amides is 2. The predicted molar refractivity (Wildman–Crippen MR) is 128 cm³/mol. The van der Waals surface area contributed by atoms with Crippen molar-refractivity contribution in [2.45, 2.75) is 51.5 Å². The summed E-state index contributed by atoms with van der Waals surface area (Å²) in [5.41, 5.74) is 3.80. The van der Waals surface area contributed by atoms with E-state index in [0.717, 1.165) is 24.0 Å². The van der Waals surface area contributed by atoms with Gasteiger partial charge in [-0.15, -0.1) is 0 Å². The summed E-state index contributed by atoms with van der Waals surface area (Å²) in [5.74, 6) is -0.956. The average Bonchev–Trinajstić information content (AvgIpc) is 3.57. The number of hydrogen-bond donors (Lipinski definition) is 3. The van der Waals surface area contributed by atoms with Crippen molar-refractivity contribution in [1.82, 2.24) is 10.6 Å². The van der Waals surface area contributed by atoms with Gasteiger partial charge >= 0.3 is 12.1 Å². The van der Waals surface area contributed by atoms with Gasteiger partial charge in [0.1, 0.15) is 12.6 Å². The first-order chi connectivity index (χ1) is 16.3. The number of alkyl carbamates (subject to hydrolysis) is 1. The highest BCUT2D eigenvalue weighted by Gasteiger charge is 2.35. The summed E-state index contributed by atoms with van der Waals surface area (Å²) in [5, 5.41) is 14.8. The molecule has 0 aromatic heterocycles. The Hall–Kier alpha value is -3.35. The Morgan fingerprint density at radius 2 is 1.62 bits per heavy atom. The molecule has 7 heteroatoms. The second-order valence-corrected chi connectivity index (χ2v) is 9.93. The molecule has 0 saturated heterocycles. The number of rotatable bonds is 10. The highest BCUT2D eigenvalue weighted by Crippen LogP contribution is 2.44. The minimum Gasteiger partial charge on any atom is -0.480 e. The summed E-state index contributed by atoms with van der Waals surface area (Å²) >= 11 is 0. The number of fused-ring (bicyclic) bond motifs is 3. The van der Waals surface area contributed by atoms with Crippen LogP contribution in [0.4, 0.5) is 4.79 Å². The van der Waals surface area contributed by atoms with Crippen LogP contribution in [0.5, 0.6) is 0 Å². The lowest BCUT2D eigenvalue weighted by molar-refractivity contribution is -0.143. The normalized spacial score (nSPS) is 15.7. The van der Waals surface area contributed by atoms with Crippen LogP contribution >= 0.6 is 0 Å². The number of carboxylic acid groups (broad SMARTS) is 1. The Morgan fingerprint density at radius 1 is 1.03 bits per heavy atom. The Labute approximate surface area is 199 Å². The third-order valence-electron chi connectivity index (χ3n) is 6.85. The van der Waals surface area contributed by atoms with E-state index in [1.165, 1.54) is 11.1 Å². The van der Waals surface area contributed by atoms with Gasteiger partial charge in [0.25, 0.3) is 0 Å². The van der Waals surface area contributed by atoms with E-state index in [1.807, 2.05) is 24.3 Å². The molecule has 0 aliphatic heterocycles. The fourth-order valence-corrected chi connectivity index (χ4v) is 4.50. The summed E-state index contributed by atoms with van der Waals surface area (Å²) in [6.45, 7) is 3.97. The van der Waals surface area contributed by atoms with Crippen LogP contribution in [0.15, 0.2) is 48.5 Å². The second kappa shape index (κ2) is 9.87. The highest BCUT2D eigenvalue weighted by atomic mass is 16.5. The standard InChI is InChI=1S/C27H32N2O5/c1-27(2,25(32)29-23(24(30)31)15-17-11-12-17)13-14-28-26(33)34-16-22-20-9-5-3-7-18(20)19-8-4-6-10-21(19)22/h3-10,17,22-23H,11-16H2,1-2H3,(H,28,33)(H,29,32)(H,30,31). The Morgan fingerprint density at radius 3 is 2.18 bits per heavy atom. The van der Waals surface area contributed by atoms with Crippen molar-refractivity contribution >= 4 is 18.0 Å². The van der Waals surface area contributed by atoms with Gasteiger partial charge in [-0.1, -0.05) is 75.2 Å². The van der Waals surface area contributed by atoms with Gasteiger partial charge in [0.15, 0.2) is 0 Å². The van der Waals surface area contributed by atoms with Crippen molar-refractivity contribution in [1.29, 1.82) is 0 Å². The number of hydrogen-bond acceptors (Lipinski definition) is 4. The van der Waals surface area contributed by atoms with Crippen LogP contribution in [0.3, 0.4) is 0 Å². The maximum absolute atomic E-state index is 12.7. The summed E-state index contributed by atoms with van der Waals surface area (Å²) in [6, 6.07) is 15.4. The molecule has 2 amide bonds. The number of carbonyl (C=O) groups excluding carboxylic acids is 2. The molecule has 2 aliphatic carbocycles. The molecule has 7 nitrogen and oxygen atoms in total. The van der Waals surface area contributed by atoms with Gasteiger partial charge in [-0.25, -0.2) is 9.59 Å². The third kappa shape index (κ3) is 5.41. The van der Waals surface area contributed by atoms with Gasteiger partial charge in [-0.05, 0) is 41.0 Å². The van der Waals surface area contributed by atoms with Crippen LogP contribution in [-0.2, 0) is 14.3 Å². The van der Waals surface area contributed by atoms with Gasteiger partial charge in [-0.3, -0.25) is 4.79 Å². The monoisotopic (exact) mass is 464 g/mol. The van der Waals surface area contributed by atoms with E-state index >= 15 is 0 Å². The minimum absolute atomic E-state index is 0.0141. The van der Waals surface area contributed by atoms with Crippen molar-refractivity contribution < 1.29 is 24.2 Å². The van der Waals surface area contributed by atoms with Crippen molar-refractivity contribution in [3.8, 4) is 11.1 Å². The largest absolute Gasteiger partial charge is 0.480 e. The molecular weight excluding hydrogens is 432 g/mol. The number of benzene rings is 2. The first-order valence-corrected chi connectivity index (χ1v) is 11.9. The van der Waals surface area contributed by atoms with Crippen LogP contribution < -0.4 is 10.6 Å². The molecule has 2 aromatic rings. The fourth-order valence-electron chi connectivity index (χ4n) is 4.50. The number of carbonyl (C=O) groups is 3. The quantitative estimate of drug-likeness (QED) is 0.486. The van der Waals surface area contributed by atoms with Crippen molar-refractivity contribution in [3.05, 3.63) is 59.7 Å². The molecule has 1 unspecified atom stereocenters. The van der Waals surface area contributed by atoms with Gasteiger partial charge in [-0.2, -0.15) is 0 Å². The van der Waals surface area contributed by atoms with Crippen LogP contribution in [-0.4, -0.2) is 42.3 Å². The number of nitrogens with one attached hydrogen (secondary N) is 2. The van der Waals surface area contributed by atoms with Crippen LogP contribution in [0, 0.1) is 11.3 Å². The zero-order valence-electron chi connectivity index (χ0n) is 19.7. The van der Waals surface area contributed by atoms with E-state index in [1.54, 1.807) is 13.8 Å². The molecule has 0 radical (unpaired) electrons. The Bertz CT molecular complexity index is 1030. The number of aliphatic carboxylic acids is 1. The first kappa shape index (κ1) is 23.8. The fraction of sp³-hybridized carbons (Fsp3) is 0.444. The SMILES string of the molecule is CC(C)(CCNC(=O)OCC1c2ccccc2-c2ccccc21)C(=O)NC(CC1CC1)C(=O)O. The molecule has 1 atom stereocenters. The second-order valence-electron chi connectivity index (χ2n) is 9.93. The molecule has 2 aromatic carbocycles. The summed E-state index contributed by atoms with van der Waals surface area (Å²) in [6.07, 6.45) is 2.34. The maximum atomic E-state index is 12.7. The van der Waals surface area contributed by atoms with Gasteiger partial charge < -0.3 is 20.5 Å². The Kier molecular flexibility index (Phi) is 6.91. The van der Waals surface area contributed by atoms with Crippen LogP contribution in [0.2, 0.25) is 0 Å². The molecule has 1 saturated carbocycles. The van der Waals surface area contributed by atoms with Gasteiger partial charge in [0.2, 0.25) is 5.91 Å². The molecule has 0 bridgehead atoms. The topological polar surface area (TPSA) is 105 Å². The van der Waals surface area contributed by atoms with Crippen LogP contribution in [0.1, 0.15) is 56.6 Å². The van der Waals surface area contributed by atoms with Gasteiger partial charge in [0.05, 0.1) is 0 Å². The van der Waals surface area contributed by atoms with E-state index in [0.29, 0.717) is 18.8 Å². The number of carboxylic acids is 1. The van der Waals surface area contributed by atoms with E-state index in [2.05, 4.69) is 34.9 Å². The molecule has 34 heavy (non-hydrogen) atoms. The molecule has 0 spiro atoms. The summed E-state index contributed by atoms with van der Waals surface area (Å²) < 4.78 is 5.53. The zero-order chi connectivity index (χ0) is 24.3. The molecule has 2 aliphatic rings. The predicted octanol–water partition coefficient (Wildman–Crippen LogP) is 4.31. The maximum Gasteiger partial charge on any atom is 0.407 e. The van der Waals surface area contributed by atoms with E-state index in [4.69, 9.17) is 4.74 Å². The highest BCUT2D eigenvalue weighted by molar-refractivity contribution is 5.87. The molecule has 3 N–H and O–H groups in total. The molecule has 4 rings (SSSR count). The van der Waals surface area contributed by atoms with Crippen LogP contribution in [0.25, 0.3) is 11.1 Å². The van der Waals surface area contributed by atoms with Crippen molar-refractivity contribution in [3.63, 3.8) is 0 Å². The summed E-state index contributed by atoms with van der Waals surface area (Å²) in [4.78, 5) is 36.5. The lowest BCUT2D eigenvalue weighted by atomic mass is 9.87. The minimum atomic E-state index is -1.01. The smallest absolute Gasteiger partial charge is 0.407 e. The molecule has 1 fully saturated rings. The number of ether oxygens (including phenoxy) is 1. The van der Waals surface area contributed by atoms with E-state index < -0.39 is 23.5 Å². The van der Waals surface area contributed by atoms with Crippen molar-refractivity contribution in [2.75, 3.05) is 13.2 Å². The third-order valence-corrected chi connectivity index (χ3v) is 6.85. The lowest BCUT2D eigenvalue weighted by Gasteiger charge is -2.26. The Balaban J connectivity index is 1.26. The first-order valence-electron chi connectivity index (χ1n) is 11.9. The van der Waals surface area contributed by atoms with E-state index in [9.17, 15) is 19.5 Å². The van der Waals surface area contributed by atoms with E-state index in [-0.39, 0.29) is 25.0 Å². The van der Waals surface area contributed by atoms with Crippen molar-refractivity contribution in [2.24, 2.45) is 11.3 Å². The molecule has 0 heterocycles. The molecular formula is C27H32N2O5. The summed E-state index contributed by atoms with van der Waals surface area (Å²) in [7, 11) is 0. The average molecular weight is 465 g/mol. The molecule has 180 valence electrons. The lowest BCUT2D eigenvalue weighted by Crippen LogP contribution is -2.47. The van der Waals surface area contributed by atoms with Gasteiger partial charge in [0, 0.05) is 17.9 Å².